The normalized spacial score (nSPS) is 11.9. The molecule has 3 nitrogen and oxygen atoms in total. The average molecular weight is 271 g/mol. The second-order valence-electron chi connectivity index (χ2n) is 4.92. The first-order chi connectivity index (χ1) is 9.69. The number of hydrogen-bond acceptors (Lipinski definition) is 3. The monoisotopic (exact) mass is 271 g/mol. The third kappa shape index (κ3) is 4.00. The van der Waals surface area contributed by atoms with E-state index < -0.39 is 0 Å². The first-order valence-corrected chi connectivity index (χ1v) is 6.76. The zero-order valence-electron chi connectivity index (χ0n) is 12.0. The highest BCUT2D eigenvalue weighted by Crippen LogP contribution is 2.27. The van der Waals surface area contributed by atoms with Gasteiger partial charge in [0.1, 0.15) is 6.61 Å². The van der Waals surface area contributed by atoms with Gasteiger partial charge in [-0.1, -0.05) is 36.4 Å². The molecular formula is C17H21NO2. The van der Waals surface area contributed by atoms with Crippen LogP contribution in [-0.2, 0) is 6.42 Å². The lowest BCUT2D eigenvalue weighted by molar-refractivity contribution is 0.271. The summed E-state index contributed by atoms with van der Waals surface area (Å²) in [7, 11) is 1.64. The third-order valence-electron chi connectivity index (χ3n) is 3.11. The maximum absolute atomic E-state index is 6.11. The van der Waals surface area contributed by atoms with Crippen LogP contribution in [0.2, 0.25) is 0 Å². The molecule has 106 valence electrons. The Morgan fingerprint density at radius 3 is 2.50 bits per heavy atom. The number of methoxy groups -OCH3 is 1. The van der Waals surface area contributed by atoms with E-state index in [-0.39, 0.29) is 6.04 Å². The van der Waals surface area contributed by atoms with Crippen LogP contribution in [0.5, 0.6) is 11.5 Å². The molecule has 0 saturated heterocycles. The summed E-state index contributed by atoms with van der Waals surface area (Å²) < 4.78 is 11.1. The lowest BCUT2D eigenvalue weighted by atomic mass is 10.1. The van der Waals surface area contributed by atoms with Crippen molar-refractivity contribution in [2.75, 3.05) is 13.7 Å². The van der Waals surface area contributed by atoms with E-state index >= 15 is 0 Å². The molecule has 0 aliphatic carbocycles. The fourth-order valence-corrected chi connectivity index (χ4v) is 2.07. The van der Waals surface area contributed by atoms with Crippen molar-refractivity contribution in [2.24, 2.45) is 5.73 Å². The molecule has 20 heavy (non-hydrogen) atoms. The molecule has 0 bridgehead atoms. The molecule has 2 rings (SSSR count). The average Bonchev–Trinajstić information content (AvgIpc) is 2.47. The number of benzene rings is 2. The Morgan fingerprint density at radius 1 is 1.05 bits per heavy atom. The lowest BCUT2D eigenvalue weighted by Crippen LogP contribution is -2.30. The molecule has 2 aromatic rings. The smallest absolute Gasteiger partial charge is 0.161 e. The van der Waals surface area contributed by atoms with Crippen molar-refractivity contribution in [3.05, 3.63) is 59.7 Å². The van der Waals surface area contributed by atoms with Gasteiger partial charge in [-0.15, -0.1) is 0 Å². The highest BCUT2D eigenvalue weighted by molar-refractivity contribution is 5.42. The SMILES string of the molecule is COc1cc(C)ccc1OCC(N)Cc1ccccc1. The number of nitrogens with two attached hydrogens (primary N) is 1. The number of ether oxygens (including phenoxy) is 2. The Hall–Kier alpha value is -2.00. The van der Waals surface area contributed by atoms with Gasteiger partial charge in [0, 0.05) is 6.04 Å². The van der Waals surface area contributed by atoms with Crippen molar-refractivity contribution in [2.45, 2.75) is 19.4 Å². The molecule has 2 N–H and O–H groups in total. The Bertz CT molecular complexity index is 540. The fourth-order valence-electron chi connectivity index (χ4n) is 2.07. The van der Waals surface area contributed by atoms with Gasteiger partial charge < -0.3 is 15.2 Å². The Morgan fingerprint density at radius 2 is 1.80 bits per heavy atom. The van der Waals surface area contributed by atoms with E-state index in [1.807, 2.05) is 43.3 Å². The maximum atomic E-state index is 6.11. The third-order valence-corrected chi connectivity index (χ3v) is 3.11. The molecule has 0 spiro atoms. The summed E-state index contributed by atoms with van der Waals surface area (Å²) in [6, 6.07) is 16.0. The second kappa shape index (κ2) is 6.96. The molecule has 1 atom stereocenters. The summed E-state index contributed by atoms with van der Waals surface area (Å²) in [6.45, 7) is 2.49. The van der Waals surface area contributed by atoms with Gasteiger partial charge in [-0.3, -0.25) is 0 Å². The predicted octanol–water partition coefficient (Wildman–Crippen LogP) is 2.95. The van der Waals surface area contributed by atoms with Crippen LogP contribution in [0, 0.1) is 6.92 Å². The molecule has 0 saturated carbocycles. The van der Waals surface area contributed by atoms with Gasteiger partial charge in [-0.05, 0) is 36.6 Å². The van der Waals surface area contributed by atoms with Crippen LogP contribution >= 0.6 is 0 Å². The molecule has 2 aromatic carbocycles. The van der Waals surface area contributed by atoms with Crippen LogP contribution in [0.15, 0.2) is 48.5 Å². The zero-order valence-corrected chi connectivity index (χ0v) is 12.0. The zero-order chi connectivity index (χ0) is 14.4. The summed E-state index contributed by atoms with van der Waals surface area (Å²) in [5, 5.41) is 0. The first kappa shape index (κ1) is 14.4. The predicted molar refractivity (Wildman–Crippen MR) is 81.3 cm³/mol. The van der Waals surface area contributed by atoms with E-state index in [1.165, 1.54) is 5.56 Å². The van der Waals surface area contributed by atoms with Crippen LogP contribution in [0.4, 0.5) is 0 Å². The Labute approximate surface area is 120 Å². The standard InChI is InChI=1S/C17H21NO2/c1-13-8-9-16(17(10-13)19-2)20-12-15(18)11-14-6-4-3-5-7-14/h3-10,15H,11-12,18H2,1-2H3. The fraction of sp³-hybridized carbons (Fsp3) is 0.294. The molecule has 0 heterocycles. The van der Waals surface area contributed by atoms with Crippen molar-refractivity contribution in [3.63, 3.8) is 0 Å². The Kier molecular flexibility index (Phi) is 5.02. The summed E-state index contributed by atoms with van der Waals surface area (Å²) >= 11 is 0. The molecular weight excluding hydrogens is 250 g/mol. The molecule has 0 radical (unpaired) electrons. The lowest BCUT2D eigenvalue weighted by Gasteiger charge is -2.15. The van der Waals surface area contributed by atoms with Gasteiger partial charge in [0.25, 0.3) is 0 Å². The van der Waals surface area contributed by atoms with Gasteiger partial charge >= 0.3 is 0 Å². The van der Waals surface area contributed by atoms with Crippen molar-refractivity contribution >= 4 is 0 Å². The van der Waals surface area contributed by atoms with Gasteiger partial charge in [-0.25, -0.2) is 0 Å². The minimum absolute atomic E-state index is 0.0385. The molecule has 3 heteroatoms. The largest absolute Gasteiger partial charge is 0.493 e. The molecule has 0 amide bonds. The second-order valence-corrected chi connectivity index (χ2v) is 4.92. The van der Waals surface area contributed by atoms with Gasteiger partial charge in [-0.2, -0.15) is 0 Å². The topological polar surface area (TPSA) is 44.5 Å². The van der Waals surface area contributed by atoms with Crippen LogP contribution in [0.1, 0.15) is 11.1 Å². The van der Waals surface area contributed by atoms with Gasteiger partial charge in [0.2, 0.25) is 0 Å². The first-order valence-electron chi connectivity index (χ1n) is 6.76. The molecule has 0 aliphatic rings. The van der Waals surface area contributed by atoms with Gasteiger partial charge in [0.15, 0.2) is 11.5 Å². The molecule has 0 aliphatic heterocycles. The summed E-state index contributed by atoms with van der Waals surface area (Å²) in [5.41, 5.74) is 8.47. The van der Waals surface area contributed by atoms with E-state index in [9.17, 15) is 0 Å². The van der Waals surface area contributed by atoms with Crippen LogP contribution in [-0.4, -0.2) is 19.8 Å². The number of rotatable bonds is 6. The summed E-state index contributed by atoms with van der Waals surface area (Å²) in [4.78, 5) is 0. The molecule has 0 fully saturated rings. The van der Waals surface area contributed by atoms with E-state index in [1.54, 1.807) is 7.11 Å². The van der Waals surface area contributed by atoms with E-state index in [0.717, 1.165) is 23.5 Å². The molecule has 0 aromatic heterocycles. The molecule has 1 unspecified atom stereocenters. The highest BCUT2D eigenvalue weighted by atomic mass is 16.5. The van der Waals surface area contributed by atoms with Crippen LogP contribution in [0.3, 0.4) is 0 Å². The maximum Gasteiger partial charge on any atom is 0.161 e. The minimum Gasteiger partial charge on any atom is -0.493 e. The minimum atomic E-state index is -0.0385. The Balaban J connectivity index is 1.92. The van der Waals surface area contributed by atoms with Crippen LogP contribution in [0.25, 0.3) is 0 Å². The quantitative estimate of drug-likeness (QED) is 0.878. The van der Waals surface area contributed by atoms with E-state index in [0.29, 0.717) is 6.61 Å². The number of aryl methyl sites for hydroxylation is 1. The van der Waals surface area contributed by atoms with E-state index in [4.69, 9.17) is 15.2 Å². The van der Waals surface area contributed by atoms with Gasteiger partial charge in [0.05, 0.1) is 7.11 Å². The van der Waals surface area contributed by atoms with Crippen molar-refractivity contribution in [1.82, 2.24) is 0 Å². The highest BCUT2D eigenvalue weighted by Gasteiger charge is 2.08. The summed E-state index contributed by atoms with van der Waals surface area (Å²) in [5.74, 6) is 1.48. The van der Waals surface area contributed by atoms with Crippen molar-refractivity contribution in [1.29, 1.82) is 0 Å². The number of hydrogen-bond donors (Lipinski definition) is 1. The van der Waals surface area contributed by atoms with E-state index in [2.05, 4.69) is 12.1 Å². The van der Waals surface area contributed by atoms with Crippen molar-refractivity contribution in [3.8, 4) is 11.5 Å². The van der Waals surface area contributed by atoms with Crippen LogP contribution < -0.4 is 15.2 Å². The summed E-state index contributed by atoms with van der Waals surface area (Å²) in [6.07, 6.45) is 0.801. The van der Waals surface area contributed by atoms with Crippen molar-refractivity contribution < 1.29 is 9.47 Å².